The van der Waals surface area contributed by atoms with Crippen molar-refractivity contribution in [2.45, 2.75) is 19.4 Å². The second kappa shape index (κ2) is 9.57. The van der Waals surface area contributed by atoms with Gasteiger partial charge in [0.2, 0.25) is 0 Å². The number of hydrogen-bond acceptors (Lipinski definition) is 4. The Bertz CT molecular complexity index is 614. The first-order valence-corrected chi connectivity index (χ1v) is 8.12. The zero-order valence-corrected chi connectivity index (χ0v) is 13.9. The van der Waals surface area contributed by atoms with E-state index in [1.54, 1.807) is 12.1 Å². The fourth-order valence-electron chi connectivity index (χ4n) is 2.09. The van der Waals surface area contributed by atoms with Gasteiger partial charge >= 0.3 is 0 Å². The molecule has 0 radical (unpaired) electrons. The minimum absolute atomic E-state index is 0.0450. The number of benzene rings is 2. The summed E-state index contributed by atoms with van der Waals surface area (Å²) in [5, 5.41) is 2.78. The number of hydrogen-bond donors (Lipinski definition) is 2. The van der Waals surface area contributed by atoms with Gasteiger partial charge in [-0.2, -0.15) is 0 Å². The molecule has 1 amide bonds. The summed E-state index contributed by atoms with van der Waals surface area (Å²) >= 11 is 0. The summed E-state index contributed by atoms with van der Waals surface area (Å²) in [6.45, 7) is 3.07. The molecule has 2 aromatic rings. The van der Waals surface area contributed by atoms with Gasteiger partial charge in [-0.15, -0.1) is 0 Å². The van der Waals surface area contributed by atoms with E-state index in [0.29, 0.717) is 18.9 Å². The van der Waals surface area contributed by atoms with Gasteiger partial charge in [0, 0.05) is 12.6 Å². The van der Waals surface area contributed by atoms with Crippen molar-refractivity contribution in [2.75, 3.05) is 19.8 Å². The third kappa shape index (κ3) is 5.93. The summed E-state index contributed by atoms with van der Waals surface area (Å²) in [5.41, 5.74) is 7.03. The molecule has 0 aliphatic heterocycles. The van der Waals surface area contributed by atoms with E-state index in [0.717, 1.165) is 17.7 Å². The molecule has 0 saturated heterocycles. The minimum atomic E-state index is -0.231. The van der Waals surface area contributed by atoms with Crippen molar-refractivity contribution in [1.82, 2.24) is 5.32 Å². The van der Waals surface area contributed by atoms with E-state index in [4.69, 9.17) is 15.2 Å². The smallest absolute Gasteiger partial charge is 0.258 e. The van der Waals surface area contributed by atoms with Gasteiger partial charge in [-0.3, -0.25) is 4.79 Å². The lowest BCUT2D eigenvalue weighted by Gasteiger charge is -2.13. The van der Waals surface area contributed by atoms with Crippen molar-refractivity contribution < 1.29 is 14.3 Å². The Labute approximate surface area is 142 Å². The standard InChI is InChI=1S/C19H24N2O3/c1-2-12-23-16-8-10-17(11-9-16)24-14-19(22)21-13-18(20)15-6-4-3-5-7-15/h3-11,18H,2,12-14,20H2,1H3,(H,21,22). The molecule has 0 bridgehead atoms. The molecule has 0 aliphatic carbocycles. The Balaban J connectivity index is 1.71. The van der Waals surface area contributed by atoms with Crippen molar-refractivity contribution in [3.05, 3.63) is 60.2 Å². The third-order valence-electron chi connectivity index (χ3n) is 3.41. The maximum Gasteiger partial charge on any atom is 0.258 e. The minimum Gasteiger partial charge on any atom is -0.494 e. The Kier molecular flexibility index (Phi) is 7.11. The van der Waals surface area contributed by atoms with Gasteiger partial charge in [-0.1, -0.05) is 37.3 Å². The number of carbonyl (C=O) groups excluding carboxylic acids is 1. The van der Waals surface area contributed by atoms with Crippen LogP contribution in [0.1, 0.15) is 24.9 Å². The van der Waals surface area contributed by atoms with Gasteiger partial charge in [-0.25, -0.2) is 0 Å². The number of rotatable bonds is 9. The molecule has 0 aromatic heterocycles. The van der Waals surface area contributed by atoms with E-state index in [9.17, 15) is 4.79 Å². The van der Waals surface area contributed by atoms with Crippen LogP contribution in [0.5, 0.6) is 11.5 Å². The van der Waals surface area contributed by atoms with Gasteiger partial charge in [0.25, 0.3) is 5.91 Å². The highest BCUT2D eigenvalue weighted by atomic mass is 16.5. The second-order valence-electron chi connectivity index (χ2n) is 5.43. The summed E-state index contributed by atoms with van der Waals surface area (Å²) < 4.78 is 11.0. The van der Waals surface area contributed by atoms with Crippen LogP contribution in [0.15, 0.2) is 54.6 Å². The zero-order valence-electron chi connectivity index (χ0n) is 13.9. The van der Waals surface area contributed by atoms with E-state index in [-0.39, 0.29) is 18.6 Å². The summed E-state index contributed by atoms with van der Waals surface area (Å²) in [4.78, 5) is 11.8. The van der Waals surface area contributed by atoms with E-state index in [1.165, 1.54) is 0 Å². The largest absolute Gasteiger partial charge is 0.494 e. The van der Waals surface area contributed by atoms with Crippen molar-refractivity contribution in [2.24, 2.45) is 5.73 Å². The lowest BCUT2D eigenvalue weighted by atomic mass is 10.1. The predicted molar refractivity (Wildman–Crippen MR) is 94.1 cm³/mol. The van der Waals surface area contributed by atoms with Crippen molar-refractivity contribution in [3.8, 4) is 11.5 Å². The summed E-state index contributed by atoms with van der Waals surface area (Å²) in [5.74, 6) is 1.22. The number of ether oxygens (including phenoxy) is 2. The molecular weight excluding hydrogens is 304 g/mol. The molecule has 0 fully saturated rings. The first kappa shape index (κ1) is 17.8. The monoisotopic (exact) mass is 328 g/mol. The van der Waals surface area contributed by atoms with Crippen LogP contribution >= 0.6 is 0 Å². The highest BCUT2D eigenvalue weighted by Gasteiger charge is 2.08. The molecule has 3 N–H and O–H groups in total. The van der Waals surface area contributed by atoms with Crippen LogP contribution in [0, 0.1) is 0 Å². The molecule has 5 nitrogen and oxygen atoms in total. The molecular formula is C19H24N2O3. The molecule has 0 saturated carbocycles. The molecule has 0 spiro atoms. The maximum atomic E-state index is 11.8. The normalized spacial score (nSPS) is 11.6. The fourth-order valence-corrected chi connectivity index (χ4v) is 2.09. The number of nitrogens with two attached hydrogens (primary N) is 1. The van der Waals surface area contributed by atoms with Crippen molar-refractivity contribution in [3.63, 3.8) is 0 Å². The Hall–Kier alpha value is -2.53. The second-order valence-corrected chi connectivity index (χ2v) is 5.43. The quantitative estimate of drug-likeness (QED) is 0.742. The molecule has 128 valence electrons. The van der Waals surface area contributed by atoms with Crippen LogP contribution in [-0.4, -0.2) is 25.7 Å². The number of amides is 1. The maximum absolute atomic E-state index is 11.8. The molecule has 1 atom stereocenters. The molecule has 0 heterocycles. The van der Waals surface area contributed by atoms with Crippen LogP contribution in [0.25, 0.3) is 0 Å². The first-order valence-electron chi connectivity index (χ1n) is 8.12. The van der Waals surface area contributed by atoms with E-state index >= 15 is 0 Å². The van der Waals surface area contributed by atoms with Gasteiger partial charge in [-0.05, 0) is 36.2 Å². The summed E-state index contributed by atoms with van der Waals surface area (Å²) in [6.07, 6.45) is 0.962. The lowest BCUT2D eigenvalue weighted by Crippen LogP contribution is -2.34. The number of carbonyl (C=O) groups is 1. The molecule has 2 aromatic carbocycles. The lowest BCUT2D eigenvalue weighted by molar-refractivity contribution is -0.123. The molecule has 24 heavy (non-hydrogen) atoms. The average molecular weight is 328 g/mol. The highest BCUT2D eigenvalue weighted by molar-refractivity contribution is 5.77. The third-order valence-corrected chi connectivity index (χ3v) is 3.41. The van der Waals surface area contributed by atoms with Crippen LogP contribution in [0.3, 0.4) is 0 Å². The highest BCUT2D eigenvalue weighted by Crippen LogP contribution is 2.17. The average Bonchev–Trinajstić information content (AvgIpc) is 2.64. The van der Waals surface area contributed by atoms with Crippen LogP contribution < -0.4 is 20.5 Å². The molecule has 2 rings (SSSR count). The van der Waals surface area contributed by atoms with E-state index < -0.39 is 0 Å². The topological polar surface area (TPSA) is 73.6 Å². The van der Waals surface area contributed by atoms with Gasteiger partial charge in [0.15, 0.2) is 6.61 Å². The Morgan fingerprint density at radius 2 is 1.67 bits per heavy atom. The molecule has 5 heteroatoms. The SMILES string of the molecule is CCCOc1ccc(OCC(=O)NCC(N)c2ccccc2)cc1. The first-order chi connectivity index (χ1) is 11.7. The Morgan fingerprint density at radius 1 is 1.04 bits per heavy atom. The molecule has 1 unspecified atom stereocenters. The predicted octanol–water partition coefficient (Wildman–Crippen LogP) is 2.67. The number of nitrogens with one attached hydrogen (secondary N) is 1. The van der Waals surface area contributed by atoms with Crippen LogP contribution in [-0.2, 0) is 4.79 Å². The summed E-state index contributed by atoms with van der Waals surface area (Å²) in [6, 6.07) is 16.7. The van der Waals surface area contributed by atoms with Gasteiger partial charge in [0.1, 0.15) is 11.5 Å². The summed E-state index contributed by atoms with van der Waals surface area (Å²) in [7, 11) is 0. The molecule has 0 aliphatic rings. The van der Waals surface area contributed by atoms with Crippen molar-refractivity contribution in [1.29, 1.82) is 0 Å². The zero-order chi connectivity index (χ0) is 17.2. The van der Waals surface area contributed by atoms with Gasteiger partial charge in [0.05, 0.1) is 6.61 Å². The fraction of sp³-hybridized carbons (Fsp3) is 0.316. The van der Waals surface area contributed by atoms with Crippen LogP contribution in [0.2, 0.25) is 0 Å². The van der Waals surface area contributed by atoms with E-state index in [1.807, 2.05) is 42.5 Å². The van der Waals surface area contributed by atoms with Crippen LogP contribution in [0.4, 0.5) is 0 Å². The van der Waals surface area contributed by atoms with Crippen molar-refractivity contribution >= 4 is 5.91 Å². The Morgan fingerprint density at radius 3 is 2.29 bits per heavy atom. The van der Waals surface area contributed by atoms with Gasteiger partial charge < -0.3 is 20.5 Å². The van der Waals surface area contributed by atoms with E-state index in [2.05, 4.69) is 12.2 Å².